The smallest absolute Gasteiger partial charge is 0.148 e. The van der Waals surface area contributed by atoms with Gasteiger partial charge in [-0.15, -0.1) is 0 Å². The van der Waals surface area contributed by atoms with E-state index in [0.29, 0.717) is 5.15 Å². The maximum Gasteiger partial charge on any atom is 0.148 e. The van der Waals surface area contributed by atoms with Gasteiger partial charge in [-0.3, -0.25) is 0 Å². The Morgan fingerprint density at radius 3 is 2.88 bits per heavy atom. The summed E-state index contributed by atoms with van der Waals surface area (Å²) in [5.41, 5.74) is 0. The van der Waals surface area contributed by atoms with Gasteiger partial charge in [0.15, 0.2) is 0 Å². The molecule has 16 heavy (non-hydrogen) atoms. The van der Waals surface area contributed by atoms with Gasteiger partial charge in [-0.25, -0.2) is 9.97 Å². The van der Waals surface area contributed by atoms with Crippen LogP contribution in [0.15, 0.2) is 10.8 Å². The Morgan fingerprint density at radius 2 is 2.25 bits per heavy atom. The molecule has 1 fully saturated rings. The maximum absolute atomic E-state index is 5.97. The van der Waals surface area contributed by atoms with E-state index in [9.17, 15) is 0 Å². The topological polar surface area (TPSA) is 29.0 Å². The summed E-state index contributed by atoms with van der Waals surface area (Å²) in [5, 5.41) is 0.484. The van der Waals surface area contributed by atoms with Crippen molar-refractivity contribution in [3.63, 3.8) is 0 Å². The van der Waals surface area contributed by atoms with Crippen LogP contribution >= 0.6 is 27.5 Å². The predicted molar refractivity (Wildman–Crippen MR) is 69.9 cm³/mol. The molecule has 3 nitrogen and oxygen atoms in total. The number of nitrogens with zero attached hydrogens (tertiary/aromatic N) is 3. The van der Waals surface area contributed by atoms with Gasteiger partial charge in [-0.2, -0.15) is 0 Å². The van der Waals surface area contributed by atoms with Gasteiger partial charge < -0.3 is 4.90 Å². The molecule has 5 heteroatoms. The molecule has 0 radical (unpaired) electrons. The monoisotopic (exact) mass is 303 g/mol. The van der Waals surface area contributed by atoms with E-state index in [1.54, 1.807) is 0 Å². The van der Waals surface area contributed by atoms with Gasteiger partial charge in [-0.1, -0.05) is 25.4 Å². The molecule has 1 aromatic heterocycles. The fourth-order valence-corrected chi connectivity index (χ4v) is 2.67. The zero-order chi connectivity index (χ0) is 11.7. The molecule has 1 atom stereocenters. The Morgan fingerprint density at radius 1 is 1.50 bits per heavy atom. The minimum Gasteiger partial charge on any atom is -0.355 e. The number of aromatic nitrogens is 2. The summed E-state index contributed by atoms with van der Waals surface area (Å²) >= 11 is 9.42. The number of anilines is 1. The Labute approximate surface area is 109 Å². The molecular weight excluding hydrogens is 289 g/mol. The molecule has 0 aliphatic carbocycles. The van der Waals surface area contributed by atoms with Gasteiger partial charge in [0.05, 0.1) is 4.47 Å². The van der Waals surface area contributed by atoms with Crippen molar-refractivity contribution >= 4 is 33.3 Å². The Kier molecular flexibility index (Phi) is 3.70. The molecule has 1 aliphatic rings. The molecule has 0 bridgehead atoms. The van der Waals surface area contributed by atoms with Gasteiger partial charge >= 0.3 is 0 Å². The average molecular weight is 305 g/mol. The van der Waals surface area contributed by atoms with Crippen LogP contribution < -0.4 is 4.90 Å². The van der Waals surface area contributed by atoms with Crippen LogP contribution in [-0.2, 0) is 0 Å². The summed E-state index contributed by atoms with van der Waals surface area (Å²) in [4.78, 5) is 10.5. The maximum atomic E-state index is 5.97. The normalized spacial score (nSPS) is 20.8. The van der Waals surface area contributed by atoms with Crippen molar-refractivity contribution in [3.8, 4) is 0 Å². The first kappa shape index (κ1) is 12.1. The fraction of sp³-hybridized carbons (Fsp3) is 0.636. The summed E-state index contributed by atoms with van der Waals surface area (Å²) in [6, 6.07) is 0. The van der Waals surface area contributed by atoms with Crippen LogP contribution in [0.5, 0.6) is 0 Å². The third-order valence-corrected chi connectivity index (χ3v) is 4.44. The van der Waals surface area contributed by atoms with Crippen LogP contribution in [0.4, 0.5) is 5.82 Å². The van der Waals surface area contributed by atoms with E-state index in [1.807, 2.05) is 0 Å². The van der Waals surface area contributed by atoms with Crippen LogP contribution in [0.2, 0.25) is 5.15 Å². The van der Waals surface area contributed by atoms with Crippen molar-refractivity contribution in [3.05, 3.63) is 16.0 Å². The highest BCUT2D eigenvalue weighted by Crippen LogP contribution is 2.33. The Balaban J connectivity index is 2.17. The zero-order valence-electron chi connectivity index (χ0n) is 9.45. The van der Waals surface area contributed by atoms with Crippen molar-refractivity contribution in [2.45, 2.75) is 20.3 Å². The summed E-state index contributed by atoms with van der Waals surface area (Å²) in [7, 11) is 0. The van der Waals surface area contributed by atoms with E-state index in [2.05, 4.69) is 44.6 Å². The van der Waals surface area contributed by atoms with E-state index in [0.717, 1.165) is 35.2 Å². The van der Waals surface area contributed by atoms with E-state index in [1.165, 1.54) is 12.7 Å². The first-order valence-electron chi connectivity index (χ1n) is 5.50. The Hall–Kier alpha value is -0.350. The molecule has 1 aromatic rings. The molecule has 1 saturated heterocycles. The number of hydrogen-bond acceptors (Lipinski definition) is 3. The van der Waals surface area contributed by atoms with Gasteiger partial charge in [0, 0.05) is 13.1 Å². The first-order valence-corrected chi connectivity index (χ1v) is 6.67. The summed E-state index contributed by atoms with van der Waals surface area (Å²) in [5.74, 6) is 2.39. The van der Waals surface area contributed by atoms with E-state index < -0.39 is 0 Å². The van der Waals surface area contributed by atoms with Crippen molar-refractivity contribution in [1.82, 2.24) is 9.97 Å². The second-order valence-electron chi connectivity index (χ2n) is 4.54. The van der Waals surface area contributed by atoms with E-state index in [4.69, 9.17) is 11.6 Å². The van der Waals surface area contributed by atoms with Gasteiger partial charge in [0.2, 0.25) is 0 Å². The molecule has 2 heterocycles. The van der Waals surface area contributed by atoms with Gasteiger partial charge in [0.25, 0.3) is 0 Å². The van der Waals surface area contributed by atoms with Crippen LogP contribution in [0.25, 0.3) is 0 Å². The highest BCUT2D eigenvalue weighted by molar-refractivity contribution is 9.10. The molecule has 1 aliphatic heterocycles. The molecule has 1 unspecified atom stereocenters. The third-order valence-electron chi connectivity index (χ3n) is 3.20. The second kappa shape index (κ2) is 4.88. The Bertz CT molecular complexity index is 383. The molecule has 0 aromatic carbocycles. The van der Waals surface area contributed by atoms with Crippen molar-refractivity contribution in [2.75, 3.05) is 18.0 Å². The quantitative estimate of drug-likeness (QED) is 0.784. The predicted octanol–water partition coefficient (Wildman–Crippen LogP) is 3.37. The summed E-state index contributed by atoms with van der Waals surface area (Å²) in [6.07, 6.45) is 2.75. The third kappa shape index (κ3) is 2.33. The van der Waals surface area contributed by atoms with Crippen LogP contribution in [-0.4, -0.2) is 23.1 Å². The summed E-state index contributed by atoms with van der Waals surface area (Å²) in [6.45, 7) is 6.66. The van der Waals surface area contributed by atoms with Gasteiger partial charge in [-0.05, 0) is 34.2 Å². The number of hydrogen-bond donors (Lipinski definition) is 0. The molecule has 0 spiro atoms. The van der Waals surface area contributed by atoms with Crippen LogP contribution in [0.1, 0.15) is 20.3 Å². The molecule has 0 saturated carbocycles. The molecule has 2 rings (SSSR count). The first-order chi connectivity index (χ1) is 7.59. The zero-order valence-corrected chi connectivity index (χ0v) is 11.8. The fourth-order valence-electron chi connectivity index (χ4n) is 2.08. The molecule has 88 valence electrons. The minimum atomic E-state index is 0.484. The summed E-state index contributed by atoms with van der Waals surface area (Å²) < 4.78 is 0.807. The lowest BCUT2D eigenvalue weighted by atomic mass is 9.95. The lowest BCUT2D eigenvalue weighted by Crippen LogP contribution is -2.22. The highest BCUT2D eigenvalue weighted by Gasteiger charge is 2.27. The lowest BCUT2D eigenvalue weighted by molar-refractivity contribution is 0.422. The molecular formula is C11H15BrClN3. The van der Waals surface area contributed by atoms with Gasteiger partial charge in [0.1, 0.15) is 17.3 Å². The molecule has 0 N–H and O–H groups in total. The minimum absolute atomic E-state index is 0.484. The van der Waals surface area contributed by atoms with Crippen molar-refractivity contribution in [2.24, 2.45) is 11.8 Å². The van der Waals surface area contributed by atoms with E-state index >= 15 is 0 Å². The van der Waals surface area contributed by atoms with Crippen molar-refractivity contribution in [1.29, 1.82) is 0 Å². The standard InChI is InChI=1S/C11H15BrClN3/c1-7(2)8-3-4-16(5-8)11-9(12)10(13)14-6-15-11/h6-8H,3-5H2,1-2H3. The van der Waals surface area contributed by atoms with Crippen LogP contribution in [0, 0.1) is 11.8 Å². The lowest BCUT2D eigenvalue weighted by Gasteiger charge is -2.20. The van der Waals surface area contributed by atoms with Crippen molar-refractivity contribution < 1.29 is 0 Å². The number of rotatable bonds is 2. The van der Waals surface area contributed by atoms with Crippen LogP contribution in [0.3, 0.4) is 0 Å². The largest absolute Gasteiger partial charge is 0.355 e. The SMILES string of the molecule is CC(C)C1CCN(c2ncnc(Cl)c2Br)C1. The second-order valence-corrected chi connectivity index (χ2v) is 5.69. The number of halogens is 2. The van der Waals surface area contributed by atoms with E-state index in [-0.39, 0.29) is 0 Å². The highest BCUT2D eigenvalue weighted by atomic mass is 79.9. The average Bonchev–Trinajstić information content (AvgIpc) is 2.71. The molecule has 0 amide bonds.